The van der Waals surface area contributed by atoms with Gasteiger partial charge in [0.15, 0.2) is 0 Å². The van der Waals surface area contributed by atoms with E-state index in [1.54, 1.807) is 13.2 Å². The number of carbonyl (C=O) groups excluding carboxylic acids is 1. The number of hydrogen-bond donors (Lipinski definition) is 0. The second kappa shape index (κ2) is 5.19. The van der Waals surface area contributed by atoms with Crippen LogP contribution in [0.1, 0.15) is 9.67 Å². The SMILES string of the molecule is COc1ccc2cc(C(=O)OC#P=O)sc2c1. The molecule has 0 N–H and O–H groups in total. The molecule has 2 rings (SSSR count). The average Bonchev–Trinajstić information content (AvgIpc) is 2.78. The summed E-state index contributed by atoms with van der Waals surface area (Å²) in [6, 6.07) is 7.24. The number of benzene rings is 1. The zero-order chi connectivity index (χ0) is 12.3. The molecule has 1 aromatic carbocycles. The fraction of sp³-hybridized carbons (Fsp3) is 0.0909. The summed E-state index contributed by atoms with van der Waals surface area (Å²) in [5, 5.41) is 0.933. The van der Waals surface area contributed by atoms with Gasteiger partial charge in [0.1, 0.15) is 0 Å². The Kier molecular flexibility index (Phi) is 3.64. The molecule has 1 aromatic heterocycles. The Morgan fingerprint density at radius 3 is 2.94 bits per heavy atom. The molecule has 0 aliphatic carbocycles. The molecule has 0 atom stereocenters. The Hall–Kier alpha value is -1.54. The van der Waals surface area contributed by atoms with Crippen molar-refractivity contribution in [1.82, 2.24) is 0 Å². The van der Waals surface area contributed by atoms with Crippen LogP contribution in [0.3, 0.4) is 0 Å². The zero-order valence-corrected chi connectivity index (χ0v) is 10.5. The minimum atomic E-state index is -0.562. The van der Waals surface area contributed by atoms with Crippen molar-refractivity contribution in [1.29, 1.82) is 0 Å². The van der Waals surface area contributed by atoms with E-state index in [-0.39, 0.29) is 0 Å². The maximum atomic E-state index is 11.5. The first-order chi connectivity index (χ1) is 8.24. The summed E-state index contributed by atoms with van der Waals surface area (Å²) in [5.74, 6) is 2.13. The Morgan fingerprint density at radius 1 is 1.41 bits per heavy atom. The van der Waals surface area contributed by atoms with Crippen LogP contribution in [0, 0.1) is 5.81 Å². The molecule has 0 radical (unpaired) electrons. The monoisotopic (exact) mass is 266 g/mol. The first kappa shape index (κ1) is 11.9. The molecule has 0 amide bonds. The molecule has 0 aliphatic heterocycles. The minimum absolute atomic E-state index is 0.435. The molecule has 0 fully saturated rings. The predicted molar refractivity (Wildman–Crippen MR) is 65.3 cm³/mol. The summed E-state index contributed by atoms with van der Waals surface area (Å²) >= 11 is 1.29. The van der Waals surface area contributed by atoms with E-state index >= 15 is 0 Å². The maximum absolute atomic E-state index is 11.5. The molecule has 0 saturated heterocycles. The third-order valence-electron chi connectivity index (χ3n) is 2.10. The fourth-order valence-corrected chi connectivity index (χ4v) is 2.44. The van der Waals surface area contributed by atoms with E-state index in [1.807, 2.05) is 24.0 Å². The molecule has 0 bridgehead atoms. The summed E-state index contributed by atoms with van der Waals surface area (Å²) in [5.41, 5.74) is 0. The van der Waals surface area contributed by atoms with E-state index in [0.717, 1.165) is 15.8 Å². The van der Waals surface area contributed by atoms with Crippen molar-refractivity contribution in [2.45, 2.75) is 0 Å². The third-order valence-corrected chi connectivity index (χ3v) is 3.35. The second-order valence-corrected chi connectivity index (χ2v) is 4.54. The quantitative estimate of drug-likeness (QED) is 0.618. The van der Waals surface area contributed by atoms with E-state index in [4.69, 9.17) is 4.74 Å². The Morgan fingerprint density at radius 2 is 2.24 bits per heavy atom. The van der Waals surface area contributed by atoms with Gasteiger partial charge in [0, 0.05) is 0 Å². The van der Waals surface area contributed by atoms with Crippen LogP contribution in [0.2, 0.25) is 0 Å². The van der Waals surface area contributed by atoms with Gasteiger partial charge in [-0.1, -0.05) is 0 Å². The summed E-state index contributed by atoms with van der Waals surface area (Å²) < 4.78 is 20.6. The predicted octanol–water partition coefficient (Wildman–Crippen LogP) is 3.28. The van der Waals surface area contributed by atoms with Gasteiger partial charge in [-0.3, -0.25) is 0 Å². The van der Waals surface area contributed by atoms with Crippen molar-refractivity contribution in [3.63, 3.8) is 0 Å². The van der Waals surface area contributed by atoms with Gasteiger partial charge < -0.3 is 0 Å². The molecular weight excluding hydrogens is 259 g/mol. The van der Waals surface area contributed by atoms with Crippen LogP contribution in [0.4, 0.5) is 0 Å². The van der Waals surface area contributed by atoms with Crippen LogP contribution in [-0.4, -0.2) is 13.1 Å². The Balaban J connectivity index is 2.39. The molecule has 0 unspecified atom stereocenters. The topological polar surface area (TPSA) is 52.6 Å². The van der Waals surface area contributed by atoms with Crippen molar-refractivity contribution in [2.24, 2.45) is 0 Å². The first-order valence-electron chi connectivity index (χ1n) is 4.60. The molecule has 4 nitrogen and oxygen atoms in total. The van der Waals surface area contributed by atoms with Gasteiger partial charge in [-0.25, -0.2) is 0 Å². The third kappa shape index (κ3) is 2.59. The van der Waals surface area contributed by atoms with Crippen LogP contribution in [0.5, 0.6) is 5.75 Å². The van der Waals surface area contributed by atoms with E-state index in [2.05, 4.69) is 4.74 Å². The van der Waals surface area contributed by atoms with E-state index in [1.165, 1.54) is 11.3 Å². The molecule has 1 heterocycles. The molecule has 0 aliphatic rings. The van der Waals surface area contributed by atoms with Gasteiger partial charge >= 0.3 is 102 Å². The number of rotatable bonds is 2. The summed E-state index contributed by atoms with van der Waals surface area (Å²) in [4.78, 5) is 11.9. The molecule has 86 valence electrons. The van der Waals surface area contributed by atoms with Gasteiger partial charge in [-0.15, -0.1) is 0 Å². The number of esters is 1. The fourth-order valence-electron chi connectivity index (χ4n) is 1.35. The number of ether oxygens (including phenoxy) is 2. The zero-order valence-electron chi connectivity index (χ0n) is 8.80. The van der Waals surface area contributed by atoms with E-state index in [9.17, 15) is 9.36 Å². The van der Waals surface area contributed by atoms with Crippen LogP contribution < -0.4 is 4.74 Å². The van der Waals surface area contributed by atoms with Crippen molar-refractivity contribution < 1.29 is 18.8 Å². The van der Waals surface area contributed by atoms with Crippen LogP contribution >= 0.6 is 19.3 Å². The Labute approximate surface area is 102 Å². The first-order valence-corrected chi connectivity index (χ1v) is 6.23. The number of thiophene rings is 1. The van der Waals surface area contributed by atoms with E-state index < -0.39 is 13.9 Å². The summed E-state index contributed by atoms with van der Waals surface area (Å²) in [7, 11) is 1.14. The summed E-state index contributed by atoms with van der Waals surface area (Å²) in [6.07, 6.45) is 0. The van der Waals surface area contributed by atoms with Gasteiger partial charge in [0.2, 0.25) is 0 Å². The van der Waals surface area contributed by atoms with Gasteiger partial charge in [0.05, 0.1) is 0 Å². The van der Waals surface area contributed by atoms with Gasteiger partial charge in [0.25, 0.3) is 0 Å². The van der Waals surface area contributed by atoms with Crippen LogP contribution in [-0.2, 0) is 9.30 Å². The Bertz CT molecular complexity index is 671. The van der Waals surface area contributed by atoms with Crippen molar-refractivity contribution in [3.05, 3.63) is 29.1 Å². The normalized spacial score (nSPS) is 9.71. The molecule has 0 saturated carbocycles. The average molecular weight is 266 g/mol. The number of fused-ring (bicyclic) bond motifs is 1. The molecule has 17 heavy (non-hydrogen) atoms. The molecular formula is C11H7O4PS. The van der Waals surface area contributed by atoms with E-state index in [0.29, 0.717) is 4.88 Å². The molecule has 2 aromatic rings. The number of hydrogen-bond acceptors (Lipinski definition) is 5. The van der Waals surface area contributed by atoms with Crippen molar-refractivity contribution in [2.75, 3.05) is 7.11 Å². The standard InChI is InChI=1S/C11H7O4PS/c1-14-8-3-2-7-4-10(17-9(7)5-8)11(12)15-6-16-13/h2-5H,1H3. The molecule has 6 heteroatoms. The van der Waals surface area contributed by atoms with Crippen LogP contribution in [0.25, 0.3) is 10.1 Å². The van der Waals surface area contributed by atoms with Crippen LogP contribution in [0.15, 0.2) is 24.3 Å². The van der Waals surface area contributed by atoms with Gasteiger partial charge in [-0.2, -0.15) is 0 Å². The molecule has 0 spiro atoms. The van der Waals surface area contributed by atoms with Crippen molar-refractivity contribution >= 4 is 35.3 Å². The van der Waals surface area contributed by atoms with Gasteiger partial charge in [-0.05, 0) is 0 Å². The summed E-state index contributed by atoms with van der Waals surface area (Å²) in [6.45, 7) is 0. The number of methoxy groups -OCH3 is 1. The van der Waals surface area contributed by atoms with Crippen molar-refractivity contribution in [3.8, 4) is 11.6 Å². The second-order valence-electron chi connectivity index (χ2n) is 3.09. The number of carbonyl (C=O) groups is 1.